The summed E-state index contributed by atoms with van der Waals surface area (Å²) >= 11 is -1.84. The zero-order chi connectivity index (χ0) is 10.6. The molecule has 1 aromatic rings. The van der Waals surface area contributed by atoms with Gasteiger partial charge in [0.1, 0.15) is 0 Å². The Morgan fingerprint density at radius 2 is 2.00 bits per heavy atom. The van der Waals surface area contributed by atoms with E-state index >= 15 is 0 Å². The van der Waals surface area contributed by atoms with Gasteiger partial charge in [0.05, 0.1) is 5.75 Å². The minimum absolute atomic E-state index is 0.0913. The summed E-state index contributed by atoms with van der Waals surface area (Å²) < 4.78 is 19.1. The van der Waals surface area contributed by atoms with Crippen LogP contribution >= 0.6 is 0 Å². The molecule has 0 aliphatic rings. The molecule has 0 saturated carbocycles. The van der Waals surface area contributed by atoms with E-state index in [1.165, 1.54) is 0 Å². The van der Waals surface area contributed by atoms with Gasteiger partial charge in [0.25, 0.3) is 5.91 Å². The van der Waals surface area contributed by atoms with E-state index in [9.17, 15) is 9.00 Å². The number of benzene rings is 1. The monoisotopic (exact) mass is 213 g/mol. The first-order valence-electron chi connectivity index (χ1n) is 4.02. The lowest BCUT2D eigenvalue weighted by atomic mass is 10.1. The first-order valence-corrected chi connectivity index (χ1v) is 5.29. The van der Waals surface area contributed by atoms with Gasteiger partial charge in [-0.2, -0.15) is 0 Å². The summed E-state index contributed by atoms with van der Waals surface area (Å²) in [5.41, 5.74) is 1.28. The van der Waals surface area contributed by atoms with Crippen LogP contribution in [0.25, 0.3) is 0 Å². The van der Waals surface area contributed by atoms with Gasteiger partial charge in [-0.05, 0) is 17.7 Å². The maximum Gasteiger partial charge on any atom is 0.251 e. The number of hydrogen-bond donors (Lipinski definition) is 2. The van der Waals surface area contributed by atoms with Gasteiger partial charge in [0.15, 0.2) is 11.1 Å². The molecule has 0 aromatic heterocycles. The van der Waals surface area contributed by atoms with Gasteiger partial charge in [0.2, 0.25) is 0 Å². The molecule has 5 heteroatoms. The van der Waals surface area contributed by atoms with Crippen LogP contribution in [0.3, 0.4) is 0 Å². The molecule has 1 unspecified atom stereocenters. The lowest BCUT2D eigenvalue weighted by molar-refractivity contribution is 0.0963. The van der Waals surface area contributed by atoms with E-state index in [4.69, 9.17) is 4.55 Å². The average molecular weight is 213 g/mol. The highest BCUT2D eigenvalue weighted by molar-refractivity contribution is 7.78. The second kappa shape index (κ2) is 4.88. The molecule has 0 spiro atoms. The molecular weight excluding hydrogens is 202 g/mol. The predicted octanol–water partition coefficient (Wildman–Crippen LogP) is 0.768. The molecule has 1 amide bonds. The standard InChI is InChI=1S/C9H11NO3S/c1-10-9(11)8-4-2-7(3-5-8)6-14(12)13/h2-5H,6H2,1H3,(H,10,11)(H,12,13). The lowest BCUT2D eigenvalue weighted by Crippen LogP contribution is -2.17. The van der Waals surface area contributed by atoms with Crippen LogP contribution in [-0.4, -0.2) is 21.7 Å². The van der Waals surface area contributed by atoms with Gasteiger partial charge < -0.3 is 9.87 Å². The Balaban J connectivity index is 2.78. The van der Waals surface area contributed by atoms with E-state index in [0.717, 1.165) is 5.56 Å². The van der Waals surface area contributed by atoms with E-state index in [0.29, 0.717) is 5.56 Å². The minimum atomic E-state index is -1.84. The van der Waals surface area contributed by atoms with E-state index in [1.807, 2.05) is 0 Å². The van der Waals surface area contributed by atoms with Crippen LogP contribution in [-0.2, 0) is 16.8 Å². The largest absolute Gasteiger partial charge is 0.355 e. The molecule has 1 rings (SSSR count). The highest BCUT2D eigenvalue weighted by Crippen LogP contribution is 2.06. The van der Waals surface area contributed by atoms with E-state index < -0.39 is 11.1 Å². The first kappa shape index (κ1) is 10.9. The third kappa shape index (κ3) is 2.93. The number of hydrogen-bond acceptors (Lipinski definition) is 2. The summed E-state index contributed by atoms with van der Waals surface area (Å²) in [7, 11) is 1.55. The van der Waals surface area contributed by atoms with Crippen molar-refractivity contribution in [2.24, 2.45) is 0 Å². The molecule has 2 N–H and O–H groups in total. The fraction of sp³-hybridized carbons (Fsp3) is 0.222. The maximum absolute atomic E-state index is 11.1. The molecule has 0 aliphatic heterocycles. The third-order valence-electron chi connectivity index (χ3n) is 1.73. The Bertz CT molecular complexity index is 348. The van der Waals surface area contributed by atoms with Crippen LogP contribution in [0.2, 0.25) is 0 Å². The molecule has 0 radical (unpaired) electrons. The molecule has 1 atom stereocenters. The van der Waals surface area contributed by atoms with Crippen LogP contribution in [0.1, 0.15) is 15.9 Å². The fourth-order valence-corrected chi connectivity index (χ4v) is 1.52. The SMILES string of the molecule is CNC(=O)c1ccc(CS(=O)O)cc1. The van der Waals surface area contributed by atoms with Crippen LogP contribution in [0.4, 0.5) is 0 Å². The van der Waals surface area contributed by atoms with Gasteiger partial charge in [-0.25, -0.2) is 4.21 Å². The highest BCUT2D eigenvalue weighted by atomic mass is 32.2. The second-order valence-electron chi connectivity index (χ2n) is 2.74. The molecule has 0 bridgehead atoms. The Kier molecular flexibility index (Phi) is 3.79. The van der Waals surface area contributed by atoms with Crippen molar-refractivity contribution in [2.45, 2.75) is 5.75 Å². The van der Waals surface area contributed by atoms with E-state index in [-0.39, 0.29) is 11.7 Å². The smallest absolute Gasteiger partial charge is 0.251 e. The minimum Gasteiger partial charge on any atom is -0.355 e. The van der Waals surface area contributed by atoms with Crippen LogP contribution in [0.15, 0.2) is 24.3 Å². The third-order valence-corrected chi connectivity index (χ3v) is 2.31. The topological polar surface area (TPSA) is 66.4 Å². The Labute approximate surface area is 84.6 Å². The number of carbonyl (C=O) groups is 1. The number of nitrogens with one attached hydrogen (secondary N) is 1. The van der Waals surface area contributed by atoms with E-state index in [2.05, 4.69) is 5.32 Å². The predicted molar refractivity (Wildman–Crippen MR) is 54.3 cm³/mol. The quantitative estimate of drug-likeness (QED) is 0.729. The molecule has 76 valence electrons. The van der Waals surface area contributed by atoms with Gasteiger partial charge in [-0.1, -0.05) is 12.1 Å². The number of carbonyl (C=O) groups excluding carboxylic acids is 1. The first-order chi connectivity index (χ1) is 6.63. The molecular formula is C9H11NO3S. The molecule has 0 saturated heterocycles. The van der Waals surface area contributed by atoms with Gasteiger partial charge >= 0.3 is 0 Å². The number of rotatable bonds is 3. The van der Waals surface area contributed by atoms with Crippen molar-refractivity contribution in [1.29, 1.82) is 0 Å². The summed E-state index contributed by atoms with van der Waals surface area (Å²) in [6.07, 6.45) is 0. The zero-order valence-electron chi connectivity index (χ0n) is 7.69. The Hall–Kier alpha value is -1.20. The fourth-order valence-electron chi connectivity index (χ4n) is 1.04. The highest BCUT2D eigenvalue weighted by Gasteiger charge is 2.03. The molecule has 4 nitrogen and oxygen atoms in total. The van der Waals surface area contributed by atoms with Crippen molar-refractivity contribution in [2.75, 3.05) is 7.05 Å². The van der Waals surface area contributed by atoms with E-state index in [1.54, 1.807) is 31.3 Å². The summed E-state index contributed by atoms with van der Waals surface area (Å²) in [6.45, 7) is 0. The van der Waals surface area contributed by atoms with Crippen molar-refractivity contribution >= 4 is 17.0 Å². The van der Waals surface area contributed by atoms with Crippen molar-refractivity contribution in [3.63, 3.8) is 0 Å². The molecule has 0 fully saturated rings. The van der Waals surface area contributed by atoms with Gasteiger partial charge in [-0.15, -0.1) is 0 Å². The van der Waals surface area contributed by atoms with Crippen molar-refractivity contribution in [3.8, 4) is 0 Å². The summed E-state index contributed by atoms with van der Waals surface area (Å²) in [5.74, 6) is -0.0738. The second-order valence-corrected chi connectivity index (χ2v) is 3.67. The van der Waals surface area contributed by atoms with Gasteiger partial charge in [-0.3, -0.25) is 4.79 Å². The molecule has 0 heterocycles. The molecule has 14 heavy (non-hydrogen) atoms. The Morgan fingerprint density at radius 1 is 1.43 bits per heavy atom. The lowest BCUT2D eigenvalue weighted by Gasteiger charge is -2.01. The van der Waals surface area contributed by atoms with Gasteiger partial charge in [0, 0.05) is 12.6 Å². The van der Waals surface area contributed by atoms with Crippen molar-refractivity contribution in [3.05, 3.63) is 35.4 Å². The molecule has 0 aliphatic carbocycles. The summed E-state index contributed by atoms with van der Waals surface area (Å²) in [5, 5.41) is 2.49. The number of amides is 1. The van der Waals surface area contributed by atoms with Crippen molar-refractivity contribution in [1.82, 2.24) is 5.32 Å². The molecule has 1 aromatic carbocycles. The normalized spacial score (nSPS) is 12.1. The Morgan fingerprint density at radius 3 is 2.43 bits per heavy atom. The van der Waals surface area contributed by atoms with Crippen molar-refractivity contribution < 1.29 is 13.6 Å². The summed E-state index contributed by atoms with van der Waals surface area (Å²) in [6, 6.07) is 6.58. The maximum atomic E-state index is 11.1. The summed E-state index contributed by atoms with van der Waals surface area (Å²) in [4.78, 5) is 11.1. The zero-order valence-corrected chi connectivity index (χ0v) is 8.50. The van der Waals surface area contributed by atoms with Crippen LogP contribution < -0.4 is 5.32 Å². The average Bonchev–Trinajstić information content (AvgIpc) is 2.17. The van der Waals surface area contributed by atoms with Crippen LogP contribution in [0.5, 0.6) is 0 Å². The van der Waals surface area contributed by atoms with Crippen LogP contribution in [0, 0.1) is 0 Å².